The van der Waals surface area contributed by atoms with E-state index in [2.05, 4.69) is 62.3 Å². The number of amides is 1. The number of nitrogens with zero attached hydrogens (tertiary/aromatic N) is 2. The Morgan fingerprint density at radius 1 is 0.762 bits per heavy atom. The first-order valence-corrected chi connectivity index (χ1v) is 21.3. The van der Waals surface area contributed by atoms with E-state index in [1.54, 1.807) is 4.90 Å². The number of morpholine rings is 2. The zero-order chi connectivity index (χ0) is 45.2. The van der Waals surface area contributed by atoms with Crippen LogP contribution >= 0.6 is 35.6 Å². The quantitative estimate of drug-likeness (QED) is 0.255. The summed E-state index contributed by atoms with van der Waals surface area (Å²) in [6.45, 7) is 17.7. The molecule has 2 aromatic carbocycles. The Morgan fingerprint density at radius 2 is 1.25 bits per heavy atom. The summed E-state index contributed by atoms with van der Waals surface area (Å²) < 4.78 is 19.9. The van der Waals surface area contributed by atoms with Gasteiger partial charge in [-0.2, -0.15) is 0 Å². The number of carbonyl (C=O) groups excluding carboxylic acids is 5. The van der Waals surface area contributed by atoms with E-state index in [-0.39, 0.29) is 53.8 Å². The van der Waals surface area contributed by atoms with Crippen LogP contribution in [0.4, 0.5) is 4.79 Å². The fourth-order valence-corrected chi connectivity index (χ4v) is 6.65. The van der Waals surface area contributed by atoms with E-state index < -0.39 is 23.5 Å². The molecule has 2 unspecified atom stereocenters. The molecule has 3 radical (unpaired) electrons. The monoisotopic (exact) mass is 951 g/mol. The second-order valence-electron chi connectivity index (χ2n) is 15.6. The molecular weight excluding hydrogens is 889 g/mol. The van der Waals surface area contributed by atoms with Gasteiger partial charge in [0.15, 0.2) is 0 Å². The Kier molecular flexibility index (Phi) is 32.6. The van der Waals surface area contributed by atoms with Crippen LogP contribution in [0.25, 0.3) is 0 Å². The molecule has 2 aromatic rings. The van der Waals surface area contributed by atoms with Crippen molar-refractivity contribution in [2.75, 3.05) is 65.7 Å². The second kappa shape index (κ2) is 33.9. The van der Waals surface area contributed by atoms with Gasteiger partial charge in [0.2, 0.25) is 5.97 Å². The molecule has 0 spiro atoms. The third-order valence-electron chi connectivity index (χ3n) is 9.24. The normalized spacial score (nSPS) is 18.7. The summed E-state index contributed by atoms with van der Waals surface area (Å²) in [7, 11) is 4.32. The number of hydrogen-bond acceptors (Lipinski definition) is 14. The number of benzene rings is 2. The molecule has 20 heteroatoms. The van der Waals surface area contributed by atoms with Gasteiger partial charge in [0.05, 0.1) is 26.4 Å². The fourth-order valence-electron chi connectivity index (χ4n) is 6.39. The van der Waals surface area contributed by atoms with Gasteiger partial charge in [-0.15, -0.1) is 12.4 Å². The Bertz CT molecular complexity index is 1590. The molecule has 0 aromatic heterocycles. The average molecular weight is 953 g/mol. The van der Waals surface area contributed by atoms with Crippen molar-refractivity contribution in [2.24, 2.45) is 0 Å². The first-order valence-electron chi connectivity index (χ1n) is 20.5. The SMILES string of the molecule is CC(=O)OOC(C)=O.CC(C)(C)OC(=O)N1CCC(=O)CC1.Cl.Clc1ccc(CC2COCCN2)cc1.Clc1ccc(CC2COCCN2C2CCNCC2)cc1.[B-]OC(C)=O.[Na+]. The maximum absolute atomic E-state index is 11.5. The molecule has 2 N–H and O–H groups in total. The second-order valence-corrected chi connectivity index (χ2v) is 16.5. The fraction of sp³-hybridized carbons (Fsp3) is 0.605. The molecule has 0 saturated carbocycles. The molecule has 15 nitrogen and oxygen atoms in total. The van der Waals surface area contributed by atoms with Crippen LogP contribution in [-0.2, 0) is 60.7 Å². The van der Waals surface area contributed by atoms with E-state index in [1.807, 2.05) is 45.0 Å². The molecule has 4 aliphatic heterocycles. The van der Waals surface area contributed by atoms with E-state index in [9.17, 15) is 24.0 Å². The topological polar surface area (TPSA) is 171 Å². The maximum Gasteiger partial charge on any atom is 1.00 e. The molecular formula is C43H64BCl3N4NaO11. The van der Waals surface area contributed by atoms with Crippen molar-refractivity contribution in [3.8, 4) is 0 Å². The summed E-state index contributed by atoms with van der Waals surface area (Å²) in [5.74, 6) is -1.52. The van der Waals surface area contributed by atoms with Crippen molar-refractivity contribution >= 4 is 73.4 Å². The zero-order valence-corrected chi connectivity index (χ0v) is 42.1. The van der Waals surface area contributed by atoms with Crippen LogP contribution in [-0.4, -0.2) is 137 Å². The van der Waals surface area contributed by atoms with Crippen LogP contribution in [0.15, 0.2) is 48.5 Å². The number of nitrogens with one attached hydrogen (secondary N) is 2. The third-order valence-corrected chi connectivity index (χ3v) is 9.75. The van der Waals surface area contributed by atoms with E-state index in [4.69, 9.17) is 37.4 Å². The molecule has 4 saturated heterocycles. The van der Waals surface area contributed by atoms with E-state index >= 15 is 0 Å². The molecule has 4 aliphatic rings. The van der Waals surface area contributed by atoms with Crippen molar-refractivity contribution in [2.45, 2.75) is 104 Å². The van der Waals surface area contributed by atoms with Gasteiger partial charge in [-0.1, -0.05) is 47.5 Å². The summed E-state index contributed by atoms with van der Waals surface area (Å²) in [4.78, 5) is 63.5. The minimum atomic E-state index is -0.639. The molecule has 4 heterocycles. The van der Waals surface area contributed by atoms with Crippen molar-refractivity contribution in [1.29, 1.82) is 0 Å². The van der Waals surface area contributed by atoms with Crippen LogP contribution in [0.2, 0.25) is 10.0 Å². The summed E-state index contributed by atoms with van der Waals surface area (Å²) >= 11 is 11.8. The van der Waals surface area contributed by atoms with Crippen molar-refractivity contribution in [3.05, 3.63) is 69.7 Å². The Labute approximate surface area is 412 Å². The molecule has 63 heavy (non-hydrogen) atoms. The van der Waals surface area contributed by atoms with Gasteiger partial charge in [-0.05, 0) is 94.9 Å². The maximum atomic E-state index is 11.5. The summed E-state index contributed by atoms with van der Waals surface area (Å²) in [5.41, 5.74) is 2.19. The third kappa shape index (κ3) is 28.9. The number of hydrogen-bond donors (Lipinski definition) is 2. The number of halogens is 3. The molecule has 6 rings (SSSR count). The standard InChI is InChI=1S/C16H23ClN2O.C11H14ClNO.C10H17NO3.C4H6O4.C2H3BO2.ClH.Na/c17-14-3-1-13(2-4-14)11-16-12-20-10-9-19(16)15-5-7-18-8-6-15;12-10-3-1-9(2-4-10)7-11-8-14-6-5-13-11;1-10(2,3)14-9(13)11-6-4-8(12)5-7-11;1-3(5)7-8-4(2)6;1-2(4)5-3;;/h1-4,15-16,18H,5-12H2;1-4,11,13H,5-8H2;4-7H2,1-3H3;1-2H3;1H3;1H;/q;;;;-1;;+1. The minimum Gasteiger partial charge on any atom is -0.793 e. The largest absolute Gasteiger partial charge is 1.00 e. The van der Waals surface area contributed by atoms with Gasteiger partial charge >= 0.3 is 47.6 Å². The van der Waals surface area contributed by atoms with Crippen LogP contribution in [0.5, 0.6) is 0 Å². The number of rotatable bonds is 5. The van der Waals surface area contributed by atoms with Crippen LogP contribution < -0.4 is 40.2 Å². The summed E-state index contributed by atoms with van der Waals surface area (Å²) in [6, 6.07) is 17.9. The minimum absolute atomic E-state index is 0. The number of likely N-dealkylation sites (tertiary alicyclic amines) is 1. The Morgan fingerprint density at radius 3 is 1.70 bits per heavy atom. The zero-order valence-electron chi connectivity index (χ0n) is 37.8. The summed E-state index contributed by atoms with van der Waals surface area (Å²) in [5, 5.41) is 8.48. The van der Waals surface area contributed by atoms with E-state index in [0.29, 0.717) is 38.0 Å². The molecule has 347 valence electrons. The van der Waals surface area contributed by atoms with Gasteiger partial charge in [0.25, 0.3) is 0 Å². The van der Waals surface area contributed by atoms with E-state index in [0.717, 1.165) is 95.4 Å². The predicted octanol–water partition coefficient (Wildman–Crippen LogP) is 2.88. The molecule has 4 fully saturated rings. The van der Waals surface area contributed by atoms with Gasteiger partial charge < -0.3 is 42.4 Å². The smallest absolute Gasteiger partial charge is 0.793 e. The van der Waals surface area contributed by atoms with Crippen molar-refractivity contribution in [1.82, 2.24) is 20.4 Å². The number of Topliss-reactive ketones (excluding diaryl/α,β-unsaturated/α-hetero) is 1. The Balaban J connectivity index is 0.000000806. The van der Waals surface area contributed by atoms with Gasteiger partial charge in [0.1, 0.15) is 11.4 Å². The van der Waals surface area contributed by atoms with Gasteiger partial charge in [-0.25, -0.2) is 24.2 Å². The average Bonchev–Trinajstić information content (AvgIpc) is 3.23. The van der Waals surface area contributed by atoms with Gasteiger partial charge in [-0.3, -0.25) is 14.5 Å². The van der Waals surface area contributed by atoms with Gasteiger partial charge in [0, 0.05) is 88.0 Å². The Hall–Kier alpha value is -2.48. The van der Waals surface area contributed by atoms with Crippen LogP contribution in [0.1, 0.15) is 78.4 Å². The molecule has 2 atom stereocenters. The van der Waals surface area contributed by atoms with Crippen molar-refractivity contribution < 1.29 is 82.2 Å². The summed E-state index contributed by atoms with van der Waals surface area (Å²) in [6.07, 6.45) is 5.19. The first-order chi connectivity index (χ1) is 28.9. The number of ether oxygens (including phenoxy) is 3. The number of carbonyl (C=O) groups is 5. The van der Waals surface area contributed by atoms with Crippen LogP contribution in [0, 0.1) is 0 Å². The first kappa shape index (κ1) is 60.5. The number of piperidine rings is 2. The van der Waals surface area contributed by atoms with Crippen LogP contribution in [0.3, 0.4) is 0 Å². The molecule has 1 amide bonds. The molecule has 0 aliphatic carbocycles. The van der Waals surface area contributed by atoms with E-state index in [1.165, 1.54) is 30.9 Å². The molecule has 0 bridgehead atoms. The number of ketones is 1. The predicted molar refractivity (Wildman–Crippen MR) is 240 cm³/mol. The van der Waals surface area contributed by atoms with Crippen molar-refractivity contribution in [3.63, 3.8) is 0 Å².